The molecule has 1 atom stereocenters. The van der Waals surface area contributed by atoms with Crippen molar-refractivity contribution in [3.63, 3.8) is 0 Å². The van der Waals surface area contributed by atoms with Gasteiger partial charge in [0.05, 0.1) is 0 Å². The molecule has 1 amide bonds. The van der Waals surface area contributed by atoms with Crippen molar-refractivity contribution in [1.29, 1.82) is 0 Å². The van der Waals surface area contributed by atoms with Crippen LogP contribution in [0.3, 0.4) is 0 Å². The summed E-state index contributed by atoms with van der Waals surface area (Å²) < 4.78 is 0. The second-order valence-corrected chi connectivity index (χ2v) is 3.93. The van der Waals surface area contributed by atoms with Crippen molar-refractivity contribution in [2.45, 2.75) is 25.3 Å². The van der Waals surface area contributed by atoms with Crippen LogP contribution >= 0.6 is 0 Å². The van der Waals surface area contributed by atoms with Gasteiger partial charge < -0.3 is 15.3 Å². The van der Waals surface area contributed by atoms with Crippen molar-refractivity contribution in [3.8, 4) is 0 Å². The normalized spacial score (nSPS) is 24.0. The molecule has 5 nitrogen and oxygen atoms in total. The van der Waals surface area contributed by atoms with Crippen LogP contribution in [0.2, 0.25) is 0 Å². The Kier molecular flexibility index (Phi) is 3.71. The summed E-state index contributed by atoms with van der Waals surface area (Å²) in [7, 11) is 3.68. The van der Waals surface area contributed by atoms with Gasteiger partial charge in [-0.05, 0) is 12.8 Å². The molecule has 1 rings (SSSR count). The molecule has 1 aliphatic rings. The lowest BCUT2D eigenvalue weighted by Gasteiger charge is -2.23. The van der Waals surface area contributed by atoms with Crippen LogP contribution in [0.1, 0.15) is 19.3 Å². The predicted molar refractivity (Wildman–Crippen MR) is 55.6 cm³/mol. The highest BCUT2D eigenvalue weighted by Crippen LogP contribution is 2.20. The van der Waals surface area contributed by atoms with Crippen molar-refractivity contribution in [3.05, 3.63) is 11.8 Å². The highest BCUT2D eigenvalue weighted by molar-refractivity contribution is 5.96. The number of Topliss-reactive ketones (excluding diaryl/α,β-unsaturated/α-hetero) is 1. The molecule has 2 N–H and O–H groups in total. The summed E-state index contributed by atoms with van der Waals surface area (Å²) in [5, 5.41) is 11.0. The molecule has 1 saturated carbocycles. The Hall–Kier alpha value is -1.52. The zero-order chi connectivity index (χ0) is 11.4. The molecule has 84 valence electrons. The summed E-state index contributed by atoms with van der Waals surface area (Å²) in [5.74, 6) is 0.118. The standard InChI is InChI=1S/C10H16N2O3/c1-12(2)6-7-5-8(11-10(14)15)3-4-9(7)13/h6,8,11H,3-5H2,1-2H3,(H,14,15)/b7-6+. The summed E-state index contributed by atoms with van der Waals surface area (Å²) in [6.07, 6.45) is 2.24. The summed E-state index contributed by atoms with van der Waals surface area (Å²) in [5.41, 5.74) is 0.699. The van der Waals surface area contributed by atoms with Gasteiger partial charge in [-0.1, -0.05) is 0 Å². The molecule has 0 saturated heterocycles. The molecule has 0 spiro atoms. The van der Waals surface area contributed by atoms with E-state index in [0.29, 0.717) is 24.8 Å². The monoisotopic (exact) mass is 212 g/mol. The first-order valence-electron chi connectivity index (χ1n) is 4.89. The van der Waals surface area contributed by atoms with Crippen molar-refractivity contribution >= 4 is 11.9 Å². The summed E-state index contributed by atoms with van der Waals surface area (Å²) in [6, 6.07) is -0.133. The lowest BCUT2D eigenvalue weighted by atomic mass is 9.90. The lowest BCUT2D eigenvalue weighted by Crippen LogP contribution is -2.37. The first kappa shape index (κ1) is 11.6. The van der Waals surface area contributed by atoms with Gasteiger partial charge in [-0.2, -0.15) is 0 Å². The minimum absolute atomic E-state index is 0.118. The number of carbonyl (C=O) groups excluding carboxylic acids is 1. The third-order valence-electron chi connectivity index (χ3n) is 2.29. The summed E-state index contributed by atoms with van der Waals surface area (Å²) in [4.78, 5) is 23.7. The van der Waals surface area contributed by atoms with E-state index in [9.17, 15) is 9.59 Å². The van der Waals surface area contributed by atoms with Crippen LogP contribution in [0.5, 0.6) is 0 Å². The third kappa shape index (κ3) is 3.61. The lowest BCUT2D eigenvalue weighted by molar-refractivity contribution is -0.116. The number of hydrogen-bond donors (Lipinski definition) is 2. The number of ketones is 1. The van der Waals surface area contributed by atoms with Gasteiger partial charge in [0.1, 0.15) is 0 Å². The number of rotatable bonds is 2. The van der Waals surface area contributed by atoms with Crippen LogP contribution in [0.4, 0.5) is 4.79 Å². The van der Waals surface area contributed by atoms with E-state index in [1.54, 1.807) is 11.1 Å². The van der Waals surface area contributed by atoms with Gasteiger partial charge in [0.25, 0.3) is 0 Å². The van der Waals surface area contributed by atoms with Crippen LogP contribution in [-0.4, -0.2) is 42.0 Å². The maximum absolute atomic E-state index is 11.5. The van der Waals surface area contributed by atoms with Gasteiger partial charge in [-0.3, -0.25) is 4.79 Å². The maximum Gasteiger partial charge on any atom is 0.404 e. The van der Waals surface area contributed by atoms with Crippen molar-refractivity contribution in [1.82, 2.24) is 10.2 Å². The van der Waals surface area contributed by atoms with Crippen LogP contribution in [0.15, 0.2) is 11.8 Å². The van der Waals surface area contributed by atoms with E-state index in [1.807, 2.05) is 14.1 Å². The summed E-state index contributed by atoms with van der Waals surface area (Å²) in [6.45, 7) is 0. The maximum atomic E-state index is 11.5. The zero-order valence-electron chi connectivity index (χ0n) is 8.99. The van der Waals surface area contributed by atoms with Gasteiger partial charge in [0, 0.05) is 38.3 Å². The van der Waals surface area contributed by atoms with Crippen molar-refractivity contribution in [2.75, 3.05) is 14.1 Å². The molecule has 0 heterocycles. The highest BCUT2D eigenvalue weighted by atomic mass is 16.4. The Morgan fingerprint density at radius 3 is 2.80 bits per heavy atom. The Balaban J connectivity index is 2.64. The van der Waals surface area contributed by atoms with Gasteiger partial charge in [-0.25, -0.2) is 4.79 Å². The highest BCUT2D eigenvalue weighted by Gasteiger charge is 2.24. The van der Waals surface area contributed by atoms with E-state index >= 15 is 0 Å². The van der Waals surface area contributed by atoms with E-state index in [2.05, 4.69) is 5.32 Å². The van der Waals surface area contributed by atoms with Crippen LogP contribution in [-0.2, 0) is 4.79 Å². The molecule has 0 aliphatic heterocycles. The molecule has 0 bridgehead atoms. The molecule has 0 aromatic carbocycles. The van der Waals surface area contributed by atoms with Gasteiger partial charge in [0.15, 0.2) is 5.78 Å². The van der Waals surface area contributed by atoms with E-state index < -0.39 is 6.09 Å². The number of amides is 1. The fourth-order valence-electron chi connectivity index (χ4n) is 1.68. The number of carboxylic acid groups (broad SMARTS) is 1. The van der Waals surface area contributed by atoms with Crippen LogP contribution in [0, 0.1) is 0 Å². The molecule has 1 fully saturated rings. The van der Waals surface area contributed by atoms with Crippen LogP contribution < -0.4 is 5.32 Å². The Bertz CT molecular complexity index is 297. The fraction of sp³-hybridized carbons (Fsp3) is 0.600. The van der Waals surface area contributed by atoms with E-state index in [0.717, 1.165) is 0 Å². The number of nitrogens with one attached hydrogen (secondary N) is 1. The largest absolute Gasteiger partial charge is 0.465 e. The second kappa shape index (κ2) is 4.82. The van der Waals surface area contributed by atoms with E-state index in [-0.39, 0.29) is 11.8 Å². The molecular formula is C10H16N2O3. The average molecular weight is 212 g/mol. The SMILES string of the molecule is CN(C)/C=C1\CC(NC(=O)O)CCC1=O. The van der Waals surface area contributed by atoms with E-state index in [4.69, 9.17) is 5.11 Å². The smallest absolute Gasteiger partial charge is 0.404 e. The Morgan fingerprint density at radius 1 is 1.60 bits per heavy atom. The molecular weight excluding hydrogens is 196 g/mol. The Morgan fingerprint density at radius 2 is 2.27 bits per heavy atom. The zero-order valence-corrected chi connectivity index (χ0v) is 8.99. The first-order valence-corrected chi connectivity index (χ1v) is 4.89. The minimum Gasteiger partial charge on any atom is -0.465 e. The minimum atomic E-state index is -1.03. The first-order chi connectivity index (χ1) is 6.99. The third-order valence-corrected chi connectivity index (χ3v) is 2.29. The molecule has 0 radical (unpaired) electrons. The number of nitrogens with zero attached hydrogens (tertiary/aromatic N) is 1. The van der Waals surface area contributed by atoms with Gasteiger partial charge >= 0.3 is 6.09 Å². The number of carbonyl (C=O) groups is 2. The fourth-order valence-corrected chi connectivity index (χ4v) is 1.68. The molecule has 1 unspecified atom stereocenters. The quantitative estimate of drug-likeness (QED) is 0.665. The molecule has 15 heavy (non-hydrogen) atoms. The van der Waals surface area contributed by atoms with E-state index in [1.165, 1.54) is 0 Å². The van der Waals surface area contributed by atoms with Crippen molar-refractivity contribution < 1.29 is 14.7 Å². The molecule has 1 aliphatic carbocycles. The summed E-state index contributed by atoms with van der Waals surface area (Å²) >= 11 is 0. The number of hydrogen-bond acceptors (Lipinski definition) is 3. The molecule has 5 heteroatoms. The average Bonchev–Trinajstić information content (AvgIpc) is 2.09. The Labute approximate surface area is 88.8 Å². The van der Waals surface area contributed by atoms with Crippen molar-refractivity contribution in [2.24, 2.45) is 0 Å². The second-order valence-electron chi connectivity index (χ2n) is 3.93. The predicted octanol–water partition coefficient (Wildman–Crippen LogP) is 0.821. The topological polar surface area (TPSA) is 69.6 Å². The van der Waals surface area contributed by atoms with Gasteiger partial charge in [-0.15, -0.1) is 0 Å². The molecule has 0 aromatic heterocycles. The van der Waals surface area contributed by atoms with Gasteiger partial charge in [0.2, 0.25) is 0 Å². The van der Waals surface area contributed by atoms with Crippen LogP contribution in [0.25, 0.3) is 0 Å². The molecule has 0 aromatic rings.